The molecule has 0 spiro atoms. The molecule has 7 heteroatoms. The Morgan fingerprint density at radius 2 is 2.04 bits per heavy atom. The Kier molecular flexibility index (Phi) is 6.71. The Morgan fingerprint density at radius 3 is 2.76 bits per heavy atom. The van der Waals surface area contributed by atoms with Crippen molar-refractivity contribution in [3.8, 4) is 0 Å². The number of nitrogens with one attached hydrogen (secondary N) is 2. The van der Waals surface area contributed by atoms with E-state index in [1.165, 1.54) is 7.11 Å². The third kappa shape index (κ3) is 6.04. The zero-order chi connectivity index (χ0) is 18.2. The SMILES string of the molecule is COC(=O)c1cccc(Nc2cc(C)nc(NCCCN(C)C)n2)c1. The number of ether oxygens (including phenoxy) is 1. The molecular formula is C18H25N5O2. The largest absolute Gasteiger partial charge is 0.465 e. The average molecular weight is 343 g/mol. The molecule has 1 aromatic heterocycles. The van der Waals surface area contributed by atoms with Crippen molar-refractivity contribution >= 4 is 23.4 Å². The molecule has 0 atom stereocenters. The normalized spacial score (nSPS) is 10.6. The monoisotopic (exact) mass is 343 g/mol. The number of hydrogen-bond donors (Lipinski definition) is 2. The van der Waals surface area contributed by atoms with Gasteiger partial charge in [0.15, 0.2) is 0 Å². The molecule has 1 heterocycles. The maximum Gasteiger partial charge on any atom is 0.337 e. The lowest BCUT2D eigenvalue weighted by Crippen LogP contribution is -2.17. The van der Waals surface area contributed by atoms with Gasteiger partial charge in [-0.1, -0.05) is 6.07 Å². The fourth-order valence-corrected chi connectivity index (χ4v) is 2.30. The first-order valence-electron chi connectivity index (χ1n) is 8.17. The fraction of sp³-hybridized carbons (Fsp3) is 0.389. The Morgan fingerprint density at radius 1 is 1.24 bits per heavy atom. The van der Waals surface area contributed by atoms with E-state index in [2.05, 4.69) is 25.5 Å². The second kappa shape index (κ2) is 8.98. The molecule has 0 amide bonds. The zero-order valence-corrected chi connectivity index (χ0v) is 15.2. The second-order valence-electron chi connectivity index (χ2n) is 6.00. The molecule has 2 N–H and O–H groups in total. The molecule has 0 bridgehead atoms. The van der Waals surface area contributed by atoms with Crippen LogP contribution in [0.3, 0.4) is 0 Å². The summed E-state index contributed by atoms with van der Waals surface area (Å²) in [5.41, 5.74) is 2.11. The molecule has 7 nitrogen and oxygen atoms in total. The number of carbonyl (C=O) groups excluding carboxylic acids is 1. The molecule has 0 fully saturated rings. The third-order valence-corrected chi connectivity index (χ3v) is 3.48. The number of nitrogens with zero attached hydrogens (tertiary/aromatic N) is 3. The highest BCUT2D eigenvalue weighted by atomic mass is 16.5. The number of carbonyl (C=O) groups is 1. The summed E-state index contributed by atoms with van der Waals surface area (Å²) in [7, 11) is 5.46. The quantitative estimate of drug-likeness (QED) is 0.563. The third-order valence-electron chi connectivity index (χ3n) is 3.48. The van der Waals surface area contributed by atoms with Crippen molar-refractivity contribution in [1.82, 2.24) is 14.9 Å². The number of anilines is 3. The van der Waals surface area contributed by atoms with Gasteiger partial charge >= 0.3 is 5.97 Å². The van der Waals surface area contributed by atoms with Gasteiger partial charge in [-0.2, -0.15) is 4.98 Å². The molecule has 0 aliphatic heterocycles. The van der Waals surface area contributed by atoms with Crippen LogP contribution in [0.1, 0.15) is 22.5 Å². The Hall–Kier alpha value is -2.67. The van der Waals surface area contributed by atoms with Crippen molar-refractivity contribution in [1.29, 1.82) is 0 Å². The van der Waals surface area contributed by atoms with Crippen molar-refractivity contribution in [2.45, 2.75) is 13.3 Å². The van der Waals surface area contributed by atoms with Crippen LogP contribution in [-0.4, -0.2) is 55.1 Å². The standard InChI is InChI=1S/C18H25N5O2/c1-13-11-16(22-18(20-13)19-9-6-10-23(2)3)21-15-8-5-7-14(12-15)17(24)25-4/h5,7-8,11-12H,6,9-10H2,1-4H3,(H2,19,20,21,22). The van der Waals surface area contributed by atoms with Gasteiger partial charge in [0, 0.05) is 24.0 Å². The molecule has 0 saturated carbocycles. The molecule has 2 aromatic rings. The predicted molar refractivity (Wildman–Crippen MR) is 99.5 cm³/mol. The molecule has 0 aliphatic carbocycles. The summed E-state index contributed by atoms with van der Waals surface area (Å²) in [5.74, 6) is 0.890. The fourth-order valence-electron chi connectivity index (χ4n) is 2.30. The van der Waals surface area contributed by atoms with E-state index in [1.54, 1.807) is 18.2 Å². The number of methoxy groups -OCH3 is 1. The Bertz CT molecular complexity index is 718. The first-order valence-corrected chi connectivity index (χ1v) is 8.17. The molecular weight excluding hydrogens is 318 g/mol. The van der Waals surface area contributed by atoms with Gasteiger partial charge in [-0.15, -0.1) is 0 Å². The van der Waals surface area contributed by atoms with Gasteiger partial charge in [0.2, 0.25) is 5.95 Å². The Labute approximate surface area is 148 Å². The van der Waals surface area contributed by atoms with E-state index in [4.69, 9.17) is 4.74 Å². The van der Waals surface area contributed by atoms with Gasteiger partial charge in [-0.3, -0.25) is 0 Å². The number of rotatable bonds is 8. The summed E-state index contributed by atoms with van der Waals surface area (Å²) in [6, 6.07) is 8.96. The molecule has 0 unspecified atom stereocenters. The topological polar surface area (TPSA) is 79.4 Å². The molecule has 2 rings (SSSR count). The maximum absolute atomic E-state index is 11.6. The van der Waals surface area contributed by atoms with Gasteiger partial charge in [0.25, 0.3) is 0 Å². The minimum absolute atomic E-state index is 0.370. The number of benzene rings is 1. The highest BCUT2D eigenvalue weighted by Gasteiger charge is 2.07. The molecule has 1 aromatic carbocycles. The average Bonchev–Trinajstić information content (AvgIpc) is 2.57. The van der Waals surface area contributed by atoms with Crippen LogP contribution >= 0.6 is 0 Å². The highest BCUT2D eigenvalue weighted by molar-refractivity contribution is 5.90. The summed E-state index contributed by atoms with van der Waals surface area (Å²) in [4.78, 5) is 22.6. The van der Waals surface area contributed by atoms with Crippen LogP contribution in [0.25, 0.3) is 0 Å². The van der Waals surface area contributed by atoms with E-state index >= 15 is 0 Å². The zero-order valence-electron chi connectivity index (χ0n) is 15.2. The minimum atomic E-state index is -0.370. The van der Waals surface area contributed by atoms with Crippen molar-refractivity contribution in [3.05, 3.63) is 41.6 Å². The van der Waals surface area contributed by atoms with Crippen LogP contribution in [0, 0.1) is 6.92 Å². The number of hydrogen-bond acceptors (Lipinski definition) is 7. The van der Waals surface area contributed by atoms with Gasteiger partial charge in [0.1, 0.15) is 5.82 Å². The smallest absolute Gasteiger partial charge is 0.337 e. The highest BCUT2D eigenvalue weighted by Crippen LogP contribution is 2.18. The number of aryl methyl sites for hydroxylation is 1. The van der Waals surface area contributed by atoms with Crippen molar-refractivity contribution < 1.29 is 9.53 Å². The summed E-state index contributed by atoms with van der Waals surface area (Å²) in [5, 5.41) is 6.45. The minimum Gasteiger partial charge on any atom is -0.465 e. The van der Waals surface area contributed by atoms with Crippen LogP contribution < -0.4 is 10.6 Å². The van der Waals surface area contributed by atoms with Gasteiger partial charge in [0.05, 0.1) is 12.7 Å². The summed E-state index contributed by atoms with van der Waals surface area (Å²) in [6.45, 7) is 3.73. The number of aromatic nitrogens is 2. The van der Waals surface area contributed by atoms with E-state index in [0.29, 0.717) is 17.3 Å². The van der Waals surface area contributed by atoms with Gasteiger partial charge in [-0.05, 0) is 52.2 Å². The van der Waals surface area contributed by atoms with E-state index < -0.39 is 0 Å². The van der Waals surface area contributed by atoms with E-state index in [0.717, 1.165) is 30.9 Å². The lowest BCUT2D eigenvalue weighted by molar-refractivity contribution is 0.0601. The molecule has 134 valence electrons. The predicted octanol–water partition coefficient (Wildman–Crippen LogP) is 2.68. The van der Waals surface area contributed by atoms with Gasteiger partial charge in [-0.25, -0.2) is 9.78 Å². The van der Waals surface area contributed by atoms with E-state index in [-0.39, 0.29) is 5.97 Å². The lowest BCUT2D eigenvalue weighted by Gasteiger charge is -2.12. The molecule has 0 aliphatic rings. The van der Waals surface area contributed by atoms with E-state index in [9.17, 15) is 4.79 Å². The van der Waals surface area contributed by atoms with Crippen molar-refractivity contribution in [2.24, 2.45) is 0 Å². The molecule has 25 heavy (non-hydrogen) atoms. The van der Waals surface area contributed by atoms with Gasteiger partial charge < -0.3 is 20.3 Å². The van der Waals surface area contributed by atoms with E-state index in [1.807, 2.05) is 33.2 Å². The van der Waals surface area contributed by atoms with Crippen LogP contribution in [0.4, 0.5) is 17.5 Å². The first-order chi connectivity index (χ1) is 12.0. The van der Waals surface area contributed by atoms with Crippen LogP contribution in [-0.2, 0) is 4.74 Å². The molecule has 0 saturated heterocycles. The lowest BCUT2D eigenvalue weighted by atomic mass is 10.2. The molecule has 0 radical (unpaired) electrons. The van der Waals surface area contributed by atoms with Crippen molar-refractivity contribution in [3.63, 3.8) is 0 Å². The maximum atomic E-state index is 11.6. The Balaban J connectivity index is 2.05. The van der Waals surface area contributed by atoms with Crippen LogP contribution in [0.5, 0.6) is 0 Å². The summed E-state index contributed by atoms with van der Waals surface area (Å²) >= 11 is 0. The van der Waals surface area contributed by atoms with Crippen LogP contribution in [0.2, 0.25) is 0 Å². The summed E-state index contributed by atoms with van der Waals surface area (Å²) < 4.78 is 4.75. The second-order valence-corrected chi connectivity index (χ2v) is 6.00. The van der Waals surface area contributed by atoms with Crippen LogP contribution in [0.15, 0.2) is 30.3 Å². The van der Waals surface area contributed by atoms with Crippen molar-refractivity contribution in [2.75, 3.05) is 44.9 Å². The first kappa shape index (κ1) is 18.7. The number of esters is 1. The summed E-state index contributed by atoms with van der Waals surface area (Å²) in [6.07, 6.45) is 1.01.